The number of rotatable bonds is 3. The van der Waals surface area contributed by atoms with Crippen molar-refractivity contribution in [2.45, 2.75) is 4.90 Å². The lowest BCUT2D eigenvalue weighted by molar-refractivity contribution is 0.688. The average molecular weight is 253 g/mol. The third kappa shape index (κ3) is 3.16. The zero-order valence-electron chi connectivity index (χ0n) is 9.61. The maximum absolute atomic E-state index is 11.9. The van der Waals surface area contributed by atoms with Crippen molar-refractivity contribution in [3.8, 4) is 6.07 Å². The summed E-state index contributed by atoms with van der Waals surface area (Å²) in [6.45, 7) is 0. The average Bonchev–Trinajstić information content (AvgIpc) is 2.46. The molecule has 0 aliphatic carbocycles. The molecule has 0 radical (unpaired) electrons. The molecular weight excluding hydrogens is 242 g/mol. The normalized spacial score (nSPS) is 12.2. The highest BCUT2D eigenvalue weighted by molar-refractivity contribution is 7.88. The lowest BCUT2D eigenvalue weighted by atomic mass is 10.1. The Labute approximate surface area is 109 Å². The lowest BCUT2D eigenvalue weighted by Gasteiger charge is -1.96. The minimum atomic E-state index is -1.14. The molecule has 0 aliphatic heterocycles. The van der Waals surface area contributed by atoms with Crippen LogP contribution in [0.5, 0.6) is 0 Å². The fourth-order valence-corrected chi connectivity index (χ4v) is 2.31. The quantitative estimate of drug-likeness (QED) is 0.841. The van der Waals surface area contributed by atoms with E-state index < -0.39 is 10.8 Å². The Balaban J connectivity index is 2.11. The van der Waals surface area contributed by atoms with Gasteiger partial charge in [0.25, 0.3) is 0 Å². The first-order valence-electron chi connectivity index (χ1n) is 5.43. The van der Waals surface area contributed by atoms with Crippen LogP contribution in [0.2, 0.25) is 0 Å². The summed E-state index contributed by atoms with van der Waals surface area (Å²) in [6, 6.07) is 18.5. The highest BCUT2D eigenvalue weighted by Crippen LogP contribution is 2.10. The molecule has 0 aliphatic rings. The molecule has 1 atom stereocenters. The molecule has 0 saturated heterocycles. The van der Waals surface area contributed by atoms with Gasteiger partial charge in [-0.25, -0.2) is 4.21 Å². The molecule has 0 bridgehead atoms. The molecule has 0 spiro atoms. The first-order valence-corrected chi connectivity index (χ1v) is 6.65. The van der Waals surface area contributed by atoms with E-state index in [1.165, 1.54) is 0 Å². The monoisotopic (exact) mass is 253 g/mol. The fourth-order valence-electron chi connectivity index (χ4n) is 1.44. The highest BCUT2D eigenvalue weighted by atomic mass is 32.2. The molecule has 0 fully saturated rings. The summed E-state index contributed by atoms with van der Waals surface area (Å²) in [4.78, 5) is 0.780. The van der Waals surface area contributed by atoms with Gasteiger partial charge in [0.2, 0.25) is 0 Å². The molecule has 0 amide bonds. The number of hydrogen-bond acceptors (Lipinski definition) is 2. The predicted molar refractivity (Wildman–Crippen MR) is 73.0 cm³/mol. The van der Waals surface area contributed by atoms with Gasteiger partial charge >= 0.3 is 0 Å². The van der Waals surface area contributed by atoms with E-state index in [1.54, 1.807) is 23.6 Å². The smallest absolute Gasteiger partial charge is 0.0991 e. The molecule has 2 nitrogen and oxygen atoms in total. The number of nitriles is 1. The first-order chi connectivity index (χ1) is 8.79. The van der Waals surface area contributed by atoms with Crippen molar-refractivity contribution < 1.29 is 4.21 Å². The lowest BCUT2D eigenvalue weighted by Crippen LogP contribution is -1.85. The van der Waals surface area contributed by atoms with E-state index >= 15 is 0 Å². The van der Waals surface area contributed by atoms with Crippen LogP contribution < -0.4 is 0 Å². The van der Waals surface area contributed by atoms with E-state index in [-0.39, 0.29) is 0 Å². The Morgan fingerprint density at radius 2 is 1.67 bits per heavy atom. The van der Waals surface area contributed by atoms with Crippen LogP contribution in [0.15, 0.2) is 64.9 Å². The summed E-state index contributed by atoms with van der Waals surface area (Å²) in [6.07, 6.45) is 1.80. The standard InChI is InChI=1S/C15H11NOS/c16-12-14-8-6-13(7-9-14)10-11-18(17)15-4-2-1-3-5-15/h1-11H. The molecular formula is C15H11NOS. The second-order valence-corrected chi connectivity index (χ2v) is 4.99. The SMILES string of the molecule is N#Cc1ccc(C=CS(=O)c2ccccc2)cc1. The molecule has 2 aromatic rings. The van der Waals surface area contributed by atoms with Crippen molar-refractivity contribution >= 4 is 16.9 Å². The van der Waals surface area contributed by atoms with Gasteiger partial charge in [-0.15, -0.1) is 0 Å². The van der Waals surface area contributed by atoms with Crippen LogP contribution >= 0.6 is 0 Å². The van der Waals surface area contributed by atoms with Gasteiger partial charge in [-0.05, 0) is 35.9 Å². The zero-order chi connectivity index (χ0) is 12.8. The summed E-state index contributed by atoms with van der Waals surface area (Å²) in [7, 11) is -1.14. The van der Waals surface area contributed by atoms with Crippen LogP contribution in [0, 0.1) is 11.3 Å². The summed E-state index contributed by atoms with van der Waals surface area (Å²) in [5.41, 5.74) is 1.55. The predicted octanol–water partition coefficient (Wildman–Crippen LogP) is 3.34. The summed E-state index contributed by atoms with van der Waals surface area (Å²) in [5, 5.41) is 10.3. The molecule has 0 N–H and O–H groups in total. The van der Waals surface area contributed by atoms with Crippen molar-refractivity contribution in [1.29, 1.82) is 5.26 Å². The Kier molecular flexibility index (Phi) is 4.06. The number of benzene rings is 2. The number of nitrogens with zero attached hydrogens (tertiary/aromatic N) is 1. The van der Waals surface area contributed by atoms with Gasteiger partial charge in [0.05, 0.1) is 22.4 Å². The Bertz CT molecular complexity index is 609. The van der Waals surface area contributed by atoms with Gasteiger partial charge in [-0.1, -0.05) is 30.3 Å². The second-order valence-electron chi connectivity index (χ2n) is 3.65. The summed E-state index contributed by atoms with van der Waals surface area (Å²) in [5.74, 6) is 0. The Hall–Kier alpha value is -2.18. The van der Waals surface area contributed by atoms with Crippen LogP contribution in [0.3, 0.4) is 0 Å². The third-order valence-corrected chi connectivity index (χ3v) is 3.52. The van der Waals surface area contributed by atoms with E-state index in [4.69, 9.17) is 5.26 Å². The Morgan fingerprint density at radius 3 is 2.28 bits per heavy atom. The van der Waals surface area contributed by atoms with E-state index in [0.29, 0.717) is 5.56 Å². The maximum Gasteiger partial charge on any atom is 0.0991 e. The van der Waals surface area contributed by atoms with E-state index in [2.05, 4.69) is 6.07 Å². The van der Waals surface area contributed by atoms with Gasteiger partial charge in [-0.2, -0.15) is 5.26 Å². The minimum Gasteiger partial charge on any atom is -0.250 e. The fraction of sp³-hybridized carbons (Fsp3) is 0. The van der Waals surface area contributed by atoms with Crippen molar-refractivity contribution in [2.24, 2.45) is 0 Å². The molecule has 3 heteroatoms. The number of hydrogen-bond donors (Lipinski definition) is 0. The highest BCUT2D eigenvalue weighted by Gasteiger charge is 1.97. The van der Waals surface area contributed by atoms with E-state index in [0.717, 1.165) is 10.5 Å². The van der Waals surface area contributed by atoms with Gasteiger partial charge in [-0.3, -0.25) is 0 Å². The minimum absolute atomic E-state index is 0.622. The Morgan fingerprint density at radius 1 is 1.00 bits per heavy atom. The molecule has 0 aromatic heterocycles. The molecule has 1 unspecified atom stereocenters. The molecule has 0 heterocycles. The topological polar surface area (TPSA) is 40.9 Å². The van der Waals surface area contributed by atoms with Gasteiger partial charge < -0.3 is 0 Å². The molecule has 0 saturated carbocycles. The third-order valence-electron chi connectivity index (χ3n) is 2.40. The van der Waals surface area contributed by atoms with E-state index in [9.17, 15) is 4.21 Å². The second kappa shape index (κ2) is 5.95. The van der Waals surface area contributed by atoms with Crippen LogP contribution in [0.4, 0.5) is 0 Å². The van der Waals surface area contributed by atoms with Crippen molar-refractivity contribution in [2.75, 3.05) is 0 Å². The van der Waals surface area contributed by atoms with Crippen LogP contribution in [0.1, 0.15) is 11.1 Å². The zero-order valence-corrected chi connectivity index (χ0v) is 10.4. The van der Waals surface area contributed by atoms with Gasteiger partial charge in [0.15, 0.2) is 0 Å². The molecule has 18 heavy (non-hydrogen) atoms. The summed E-state index contributed by atoms with van der Waals surface area (Å²) < 4.78 is 11.9. The van der Waals surface area contributed by atoms with E-state index in [1.807, 2.05) is 42.5 Å². The maximum atomic E-state index is 11.9. The van der Waals surface area contributed by atoms with Crippen LogP contribution in [-0.4, -0.2) is 4.21 Å². The van der Waals surface area contributed by atoms with Crippen LogP contribution in [-0.2, 0) is 10.8 Å². The van der Waals surface area contributed by atoms with Crippen LogP contribution in [0.25, 0.3) is 6.08 Å². The van der Waals surface area contributed by atoms with Gasteiger partial charge in [0.1, 0.15) is 0 Å². The molecule has 2 rings (SSSR count). The van der Waals surface area contributed by atoms with Crippen molar-refractivity contribution in [1.82, 2.24) is 0 Å². The molecule has 88 valence electrons. The molecule has 2 aromatic carbocycles. The van der Waals surface area contributed by atoms with Crippen molar-refractivity contribution in [3.63, 3.8) is 0 Å². The largest absolute Gasteiger partial charge is 0.250 e. The first kappa shape index (κ1) is 12.3. The van der Waals surface area contributed by atoms with Crippen molar-refractivity contribution in [3.05, 3.63) is 71.1 Å². The summed E-state index contributed by atoms with van der Waals surface area (Å²) >= 11 is 0. The van der Waals surface area contributed by atoms with Gasteiger partial charge in [0, 0.05) is 10.3 Å².